The summed E-state index contributed by atoms with van der Waals surface area (Å²) < 4.78 is 11.7. The third-order valence-corrected chi connectivity index (χ3v) is 13.4. The lowest BCUT2D eigenvalue weighted by Gasteiger charge is -2.12. The van der Waals surface area contributed by atoms with Gasteiger partial charge in [0.2, 0.25) is 0 Å². The fourth-order valence-corrected chi connectivity index (χ4v) is 10.6. The van der Waals surface area contributed by atoms with E-state index in [1.807, 2.05) is 29.5 Å². The second-order valence-corrected chi connectivity index (χ2v) is 16.7. The summed E-state index contributed by atoms with van der Waals surface area (Å²) in [6.07, 6.45) is 0. The van der Waals surface area contributed by atoms with Crippen molar-refractivity contribution in [3.63, 3.8) is 0 Å². The molecular weight excluding hydrogens is 763 g/mol. The summed E-state index contributed by atoms with van der Waals surface area (Å²) >= 11 is 1.85. The Kier molecular flexibility index (Phi) is 7.44. The molecule has 0 saturated carbocycles. The summed E-state index contributed by atoms with van der Waals surface area (Å²) in [7, 11) is 0. The Hall–Kier alpha value is -7.86. The van der Waals surface area contributed by atoms with Crippen LogP contribution in [-0.4, -0.2) is 14.5 Å². The number of thiophene rings is 1. The standard InChI is InChI=1S/C56H33N3OS/c1-4-14-34(15-5-1)37-24-26-38(27-25-37)55-57-51-43-22-12-13-23-47(43)60-53(51)56(58-55)59-46-30-28-39(35-16-6-2-7-17-35)32-44(46)49-41-20-10-11-21-42(41)50-45-33-40(36-18-8-3-9-19-36)29-31-48(45)61-54(50)52(49)59/h1-33H. The van der Waals surface area contributed by atoms with Crippen LogP contribution >= 0.6 is 11.3 Å². The maximum atomic E-state index is 6.85. The Bertz CT molecular complexity index is 3850. The van der Waals surface area contributed by atoms with Gasteiger partial charge in [0.1, 0.15) is 11.1 Å². The molecule has 0 spiro atoms. The molecule has 61 heavy (non-hydrogen) atoms. The summed E-state index contributed by atoms with van der Waals surface area (Å²) in [6, 6.07) is 71.3. The highest BCUT2D eigenvalue weighted by molar-refractivity contribution is 7.27. The van der Waals surface area contributed by atoms with Gasteiger partial charge in [0.05, 0.1) is 15.7 Å². The predicted molar refractivity (Wildman–Crippen MR) is 256 cm³/mol. The highest BCUT2D eigenvalue weighted by atomic mass is 32.1. The van der Waals surface area contributed by atoms with Gasteiger partial charge in [-0.25, -0.2) is 9.97 Å². The van der Waals surface area contributed by atoms with Crippen LogP contribution in [0.5, 0.6) is 0 Å². The van der Waals surface area contributed by atoms with E-state index in [2.05, 4.69) is 187 Å². The number of fused-ring (bicyclic) bond motifs is 13. The Morgan fingerprint density at radius 2 is 0.934 bits per heavy atom. The highest BCUT2D eigenvalue weighted by Gasteiger charge is 2.26. The Balaban J connectivity index is 1.18. The Morgan fingerprint density at radius 3 is 1.62 bits per heavy atom. The van der Waals surface area contributed by atoms with E-state index in [1.165, 1.54) is 58.6 Å². The molecule has 0 N–H and O–H groups in total. The van der Waals surface area contributed by atoms with E-state index in [1.54, 1.807) is 0 Å². The first kappa shape index (κ1) is 34.0. The zero-order chi connectivity index (χ0) is 40.0. The molecule has 0 aliphatic heterocycles. The van der Waals surface area contributed by atoms with Crippen molar-refractivity contribution in [2.45, 2.75) is 0 Å². The number of hydrogen-bond acceptors (Lipinski definition) is 4. The molecule has 0 aliphatic rings. The molecule has 4 nitrogen and oxygen atoms in total. The number of furan rings is 1. The van der Waals surface area contributed by atoms with E-state index in [-0.39, 0.29) is 0 Å². The molecule has 5 heteroatoms. The average molecular weight is 796 g/mol. The first-order valence-electron chi connectivity index (χ1n) is 20.6. The largest absolute Gasteiger partial charge is 0.450 e. The summed E-state index contributed by atoms with van der Waals surface area (Å²) in [4.78, 5) is 10.8. The lowest BCUT2D eigenvalue weighted by Crippen LogP contribution is -2.02. The minimum Gasteiger partial charge on any atom is -0.450 e. The summed E-state index contributed by atoms with van der Waals surface area (Å²) in [5.41, 5.74) is 12.4. The van der Waals surface area contributed by atoms with Gasteiger partial charge < -0.3 is 4.42 Å². The zero-order valence-corrected chi connectivity index (χ0v) is 33.5. The second-order valence-electron chi connectivity index (χ2n) is 15.7. The minimum atomic E-state index is 0.644. The number of para-hydroxylation sites is 1. The van der Waals surface area contributed by atoms with Crippen molar-refractivity contribution in [2.24, 2.45) is 0 Å². The molecule has 4 aromatic heterocycles. The van der Waals surface area contributed by atoms with Crippen LogP contribution in [0.25, 0.3) is 125 Å². The van der Waals surface area contributed by atoms with Crippen LogP contribution in [0.4, 0.5) is 0 Å². The van der Waals surface area contributed by atoms with E-state index < -0.39 is 0 Å². The highest BCUT2D eigenvalue weighted by Crippen LogP contribution is 2.50. The van der Waals surface area contributed by atoms with Crippen molar-refractivity contribution in [2.75, 3.05) is 0 Å². The van der Waals surface area contributed by atoms with E-state index in [0.717, 1.165) is 55.4 Å². The Morgan fingerprint density at radius 1 is 0.410 bits per heavy atom. The van der Waals surface area contributed by atoms with Gasteiger partial charge in [0, 0.05) is 37.2 Å². The molecule has 0 fully saturated rings. The second kappa shape index (κ2) is 13.3. The van der Waals surface area contributed by atoms with E-state index in [9.17, 15) is 0 Å². The van der Waals surface area contributed by atoms with Crippen molar-refractivity contribution < 1.29 is 4.42 Å². The molecule has 13 rings (SSSR count). The molecule has 0 aliphatic carbocycles. The number of nitrogens with zero attached hydrogens (tertiary/aromatic N) is 3. The molecule has 0 amide bonds. The summed E-state index contributed by atoms with van der Waals surface area (Å²) in [5.74, 6) is 1.36. The number of hydrogen-bond donors (Lipinski definition) is 0. The maximum Gasteiger partial charge on any atom is 0.197 e. The van der Waals surface area contributed by atoms with Crippen LogP contribution in [0.1, 0.15) is 0 Å². The number of benzene rings is 9. The summed E-state index contributed by atoms with van der Waals surface area (Å²) in [6.45, 7) is 0. The van der Waals surface area contributed by atoms with Gasteiger partial charge in [-0.3, -0.25) is 4.57 Å². The minimum absolute atomic E-state index is 0.644. The first-order valence-corrected chi connectivity index (χ1v) is 21.4. The quantitative estimate of drug-likeness (QED) is 0.174. The molecular formula is C56H33N3OS. The Labute approximate surface area is 354 Å². The maximum absolute atomic E-state index is 6.85. The monoisotopic (exact) mass is 795 g/mol. The average Bonchev–Trinajstić information content (AvgIpc) is 4.02. The zero-order valence-electron chi connectivity index (χ0n) is 32.7. The third-order valence-electron chi connectivity index (χ3n) is 12.2. The topological polar surface area (TPSA) is 43.9 Å². The van der Waals surface area contributed by atoms with Crippen molar-refractivity contribution >= 4 is 86.2 Å². The molecule has 0 atom stereocenters. The third kappa shape index (κ3) is 5.24. The van der Waals surface area contributed by atoms with E-state index >= 15 is 0 Å². The molecule has 0 saturated heterocycles. The molecule has 0 radical (unpaired) electrons. The van der Waals surface area contributed by atoms with E-state index in [4.69, 9.17) is 14.4 Å². The van der Waals surface area contributed by atoms with Gasteiger partial charge in [0.15, 0.2) is 17.2 Å². The van der Waals surface area contributed by atoms with Crippen LogP contribution < -0.4 is 0 Å². The first-order chi connectivity index (χ1) is 30.2. The SMILES string of the molecule is c1ccc(-c2ccc(-c3nc(-n4c5ccc(-c6ccccc6)cc5c5c6ccccc6c6c7cc(-c8ccccc8)ccc7sc6c54)c4oc5ccccc5c4n3)cc2)cc1. The molecule has 0 unspecified atom stereocenters. The van der Waals surface area contributed by atoms with Crippen LogP contribution in [0.15, 0.2) is 205 Å². The van der Waals surface area contributed by atoms with Crippen LogP contribution in [-0.2, 0) is 0 Å². The van der Waals surface area contributed by atoms with Crippen molar-refractivity contribution in [1.82, 2.24) is 14.5 Å². The van der Waals surface area contributed by atoms with Crippen molar-refractivity contribution in [3.05, 3.63) is 200 Å². The lowest BCUT2D eigenvalue weighted by atomic mass is 9.96. The molecule has 13 aromatic rings. The lowest BCUT2D eigenvalue weighted by molar-refractivity contribution is 0.662. The molecule has 9 aromatic carbocycles. The fraction of sp³-hybridized carbons (Fsp3) is 0. The van der Waals surface area contributed by atoms with Crippen molar-refractivity contribution in [3.8, 4) is 50.6 Å². The number of aromatic nitrogens is 3. The molecule has 0 bridgehead atoms. The molecule has 284 valence electrons. The fourth-order valence-electron chi connectivity index (χ4n) is 9.37. The van der Waals surface area contributed by atoms with Gasteiger partial charge in [-0.1, -0.05) is 164 Å². The van der Waals surface area contributed by atoms with Crippen LogP contribution in [0.2, 0.25) is 0 Å². The smallest absolute Gasteiger partial charge is 0.197 e. The van der Waals surface area contributed by atoms with Gasteiger partial charge in [-0.05, 0) is 80.6 Å². The number of rotatable bonds is 5. The van der Waals surface area contributed by atoms with Crippen LogP contribution in [0.3, 0.4) is 0 Å². The van der Waals surface area contributed by atoms with E-state index in [0.29, 0.717) is 11.4 Å². The van der Waals surface area contributed by atoms with Gasteiger partial charge in [-0.15, -0.1) is 11.3 Å². The van der Waals surface area contributed by atoms with Gasteiger partial charge in [0.25, 0.3) is 0 Å². The predicted octanol–water partition coefficient (Wildman–Crippen LogP) is 15.7. The van der Waals surface area contributed by atoms with Gasteiger partial charge in [-0.2, -0.15) is 0 Å². The van der Waals surface area contributed by atoms with Gasteiger partial charge >= 0.3 is 0 Å². The van der Waals surface area contributed by atoms with Crippen LogP contribution in [0, 0.1) is 0 Å². The molecule has 4 heterocycles. The van der Waals surface area contributed by atoms with Crippen molar-refractivity contribution in [1.29, 1.82) is 0 Å². The summed E-state index contributed by atoms with van der Waals surface area (Å²) in [5, 5.41) is 8.26. The normalized spacial score (nSPS) is 11.9.